The van der Waals surface area contributed by atoms with Gasteiger partial charge in [-0.2, -0.15) is 0 Å². The van der Waals surface area contributed by atoms with E-state index >= 15 is 0 Å². The summed E-state index contributed by atoms with van der Waals surface area (Å²) in [5.74, 6) is 0.535. The lowest BCUT2D eigenvalue weighted by atomic mass is 9.84. The van der Waals surface area contributed by atoms with Crippen LogP contribution < -0.4 is 5.73 Å². The third-order valence-electron chi connectivity index (χ3n) is 4.16. The SMILES string of the molecule is CCC(C)C(N)C(=O)OC1CCCCC1CC. The molecule has 3 heteroatoms. The van der Waals surface area contributed by atoms with Gasteiger partial charge in [-0.1, -0.05) is 33.6 Å². The van der Waals surface area contributed by atoms with Gasteiger partial charge in [-0.05, 0) is 37.5 Å². The topological polar surface area (TPSA) is 52.3 Å². The maximum atomic E-state index is 11.9. The van der Waals surface area contributed by atoms with Gasteiger partial charge in [0.15, 0.2) is 0 Å². The third kappa shape index (κ3) is 3.98. The fraction of sp³-hybridized carbons (Fsp3) is 0.929. The second kappa shape index (κ2) is 7.00. The van der Waals surface area contributed by atoms with Crippen LogP contribution in [0.25, 0.3) is 0 Å². The lowest BCUT2D eigenvalue weighted by Gasteiger charge is -2.31. The Morgan fingerprint density at radius 1 is 1.35 bits per heavy atom. The molecule has 0 amide bonds. The van der Waals surface area contributed by atoms with Crippen molar-refractivity contribution < 1.29 is 9.53 Å². The molecule has 2 N–H and O–H groups in total. The zero-order chi connectivity index (χ0) is 12.8. The average molecular weight is 241 g/mol. The summed E-state index contributed by atoms with van der Waals surface area (Å²) in [5, 5.41) is 0. The molecule has 4 unspecified atom stereocenters. The van der Waals surface area contributed by atoms with Gasteiger partial charge in [0.1, 0.15) is 12.1 Å². The van der Waals surface area contributed by atoms with Crippen LogP contribution in [0, 0.1) is 11.8 Å². The van der Waals surface area contributed by atoms with E-state index in [9.17, 15) is 4.79 Å². The highest BCUT2D eigenvalue weighted by Gasteiger charge is 2.30. The number of rotatable bonds is 5. The molecule has 17 heavy (non-hydrogen) atoms. The minimum atomic E-state index is -0.459. The molecule has 3 nitrogen and oxygen atoms in total. The molecule has 0 aromatic heterocycles. The molecule has 0 spiro atoms. The van der Waals surface area contributed by atoms with E-state index in [1.165, 1.54) is 19.3 Å². The second-order valence-electron chi connectivity index (χ2n) is 5.34. The quantitative estimate of drug-likeness (QED) is 0.753. The van der Waals surface area contributed by atoms with Crippen molar-refractivity contribution in [1.82, 2.24) is 0 Å². The fourth-order valence-electron chi connectivity index (χ4n) is 2.51. The van der Waals surface area contributed by atoms with Gasteiger partial charge in [0.25, 0.3) is 0 Å². The molecular formula is C14H27NO2. The molecule has 4 atom stereocenters. The highest BCUT2D eigenvalue weighted by Crippen LogP contribution is 2.29. The van der Waals surface area contributed by atoms with Gasteiger partial charge in [-0.3, -0.25) is 4.79 Å². The van der Waals surface area contributed by atoms with Crippen LogP contribution in [0.3, 0.4) is 0 Å². The second-order valence-corrected chi connectivity index (χ2v) is 5.34. The van der Waals surface area contributed by atoms with Crippen LogP contribution in [0.4, 0.5) is 0 Å². The molecule has 1 aliphatic rings. The molecule has 0 aromatic carbocycles. The monoisotopic (exact) mass is 241 g/mol. The summed E-state index contributed by atoms with van der Waals surface area (Å²) in [7, 11) is 0. The van der Waals surface area contributed by atoms with Crippen LogP contribution in [0.5, 0.6) is 0 Å². The molecule has 0 saturated heterocycles. The maximum absolute atomic E-state index is 11.9. The summed E-state index contributed by atoms with van der Waals surface area (Å²) in [6.45, 7) is 6.22. The first-order valence-corrected chi connectivity index (χ1v) is 7.06. The van der Waals surface area contributed by atoms with Crippen molar-refractivity contribution in [2.75, 3.05) is 0 Å². The number of hydrogen-bond acceptors (Lipinski definition) is 3. The molecule has 1 fully saturated rings. The van der Waals surface area contributed by atoms with E-state index in [-0.39, 0.29) is 18.0 Å². The Morgan fingerprint density at radius 2 is 2.00 bits per heavy atom. The average Bonchev–Trinajstić information content (AvgIpc) is 2.37. The predicted octanol–water partition coefficient (Wildman–Crippen LogP) is 2.87. The van der Waals surface area contributed by atoms with Crippen molar-refractivity contribution in [2.45, 2.75) is 71.4 Å². The van der Waals surface area contributed by atoms with E-state index in [2.05, 4.69) is 6.92 Å². The van der Waals surface area contributed by atoms with Gasteiger partial charge in [0.05, 0.1) is 0 Å². The van der Waals surface area contributed by atoms with Crippen LogP contribution in [-0.4, -0.2) is 18.1 Å². The van der Waals surface area contributed by atoms with Gasteiger partial charge in [-0.15, -0.1) is 0 Å². The summed E-state index contributed by atoms with van der Waals surface area (Å²) >= 11 is 0. The molecule has 1 aliphatic carbocycles. The maximum Gasteiger partial charge on any atom is 0.323 e. The normalized spacial score (nSPS) is 28.5. The van der Waals surface area contributed by atoms with Crippen molar-refractivity contribution in [1.29, 1.82) is 0 Å². The standard InChI is InChI=1S/C14H27NO2/c1-4-10(3)13(15)14(16)17-12-9-7-6-8-11(12)5-2/h10-13H,4-9,15H2,1-3H3. The van der Waals surface area contributed by atoms with E-state index in [4.69, 9.17) is 10.5 Å². The van der Waals surface area contributed by atoms with Crippen LogP contribution in [-0.2, 0) is 9.53 Å². The Balaban J connectivity index is 2.48. The van der Waals surface area contributed by atoms with E-state index in [0.717, 1.165) is 19.3 Å². The highest BCUT2D eigenvalue weighted by atomic mass is 16.5. The molecule has 100 valence electrons. The number of carbonyl (C=O) groups excluding carboxylic acids is 1. The van der Waals surface area contributed by atoms with Crippen LogP contribution in [0.1, 0.15) is 59.3 Å². The predicted molar refractivity (Wildman–Crippen MR) is 69.6 cm³/mol. The molecule has 0 aromatic rings. The van der Waals surface area contributed by atoms with Gasteiger partial charge in [0.2, 0.25) is 0 Å². The molecule has 1 rings (SSSR count). The fourth-order valence-corrected chi connectivity index (χ4v) is 2.51. The lowest BCUT2D eigenvalue weighted by molar-refractivity contribution is -0.156. The third-order valence-corrected chi connectivity index (χ3v) is 4.16. The lowest BCUT2D eigenvalue weighted by Crippen LogP contribution is -2.41. The van der Waals surface area contributed by atoms with E-state index < -0.39 is 6.04 Å². The molecule has 0 radical (unpaired) electrons. The van der Waals surface area contributed by atoms with Gasteiger partial charge in [0, 0.05) is 0 Å². The number of hydrogen-bond donors (Lipinski definition) is 1. The van der Waals surface area contributed by atoms with Crippen molar-refractivity contribution in [3.05, 3.63) is 0 Å². The van der Waals surface area contributed by atoms with Crippen molar-refractivity contribution in [3.63, 3.8) is 0 Å². The number of esters is 1. The highest BCUT2D eigenvalue weighted by molar-refractivity contribution is 5.76. The van der Waals surface area contributed by atoms with Crippen molar-refractivity contribution in [3.8, 4) is 0 Å². The summed E-state index contributed by atoms with van der Waals surface area (Å²) in [6.07, 6.45) is 6.76. The first-order valence-electron chi connectivity index (χ1n) is 7.06. The summed E-state index contributed by atoms with van der Waals surface area (Å²) in [5.41, 5.74) is 5.90. The van der Waals surface area contributed by atoms with Crippen molar-refractivity contribution in [2.24, 2.45) is 17.6 Å². The first kappa shape index (κ1) is 14.5. The Bertz CT molecular complexity index is 242. The smallest absolute Gasteiger partial charge is 0.323 e. The molecule has 0 heterocycles. The summed E-state index contributed by atoms with van der Waals surface area (Å²) < 4.78 is 5.62. The Labute approximate surface area is 105 Å². The molecule has 1 saturated carbocycles. The van der Waals surface area contributed by atoms with Crippen LogP contribution >= 0.6 is 0 Å². The van der Waals surface area contributed by atoms with E-state index in [1.807, 2.05) is 13.8 Å². The minimum absolute atomic E-state index is 0.108. The van der Waals surface area contributed by atoms with Crippen LogP contribution in [0.15, 0.2) is 0 Å². The Hall–Kier alpha value is -0.570. The first-order chi connectivity index (χ1) is 8.10. The number of ether oxygens (including phenoxy) is 1. The van der Waals surface area contributed by atoms with Crippen molar-refractivity contribution >= 4 is 5.97 Å². The van der Waals surface area contributed by atoms with Gasteiger partial charge in [-0.25, -0.2) is 0 Å². The van der Waals surface area contributed by atoms with Crippen LogP contribution in [0.2, 0.25) is 0 Å². The Morgan fingerprint density at radius 3 is 2.59 bits per heavy atom. The van der Waals surface area contributed by atoms with Gasteiger partial charge < -0.3 is 10.5 Å². The largest absolute Gasteiger partial charge is 0.461 e. The minimum Gasteiger partial charge on any atom is -0.461 e. The number of carbonyl (C=O) groups is 1. The summed E-state index contributed by atoms with van der Waals surface area (Å²) in [4.78, 5) is 11.9. The zero-order valence-electron chi connectivity index (χ0n) is 11.4. The summed E-state index contributed by atoms with van der Waals surface area (Å²) in [6, 6.07) is -0.459. The zero-order valence-corrected chi connectivity index (χ0v) is 11.4. The van der Waals surface area contributed by atoms with E-state index in [0.29, 0.717) is 5.92 Å². The van der Waals surface area contributed by atoms with E-state index in [1.54, 1.807) is 0 Å². The molecular weight excluding hydrogens is 214 g/mol. The number of nitrogens with two attached hydrogens (primary N) is 1. The molecule has 0 aliphatic heterocycles. The molecule has 0 bridgehead atoms. The van der Waals surface area contributed by atoms with Gasteiger partial charge >= 0.3 is 5.97 Å². The Kier molecular flexibility index (Phi) is 5.96.